The molecule has 1 aliphatic heterocycles. The van der Waals surface area contributed by atoms with E-state index in [4.69, 9.17) is 9.41 Å². The van der Waals surface area contributed by atoms with E-state index in [2.05, 4.69) is 176 Å². The molecule has 2 unspecified atom stereocenters. The molecule has 4 nitrogen and oxygen atoms in total. The Balaban J connectivity index is 1.04. The Bertz CT molecular complexity index is 2950. The number of nitrogens with zero attached hydrogens (tertiary/aromatic N) is 1. The summed E-state index contributed by atoms with van der Waals surface area (Å²) in [6.07, 6.45) is -0.487. The lowest BCUT2D eigenvalue weighted by Crippen LogP contribution is -2.45. The van der Waals surface area contributed by atoms with Crippen molar-refractivity contribution in [2.45, 2.75) is 31.6 Å². The number of rotatable bonds is 4. The fourth-order valence-electron chi connectivity index (χ4n) is 8.65. The molecule has 0 fully saturated rings. The largest absolute Gasteiger partial charge is 0.456 e. The predicted octanol–water partition coefficient (Wildman–Crippen LogP) is 12.3. The number of furan rings is 1. The van der Waals surface area contributed by atoms with Crippen LogP contribution in [0, 0.1) is 0 Å². The Labute approximate surface area is 311 Å². The fourth-order valence-corrected chi connectivity index (χ4v) is 9.86. The third kappa shape index (κ3) is 4.74. The Morgan fingerprint density at radius 3 is 2.26 bits per heavy atom. The number of hydrogen-bond donors (Lipinski definition) is 2. The molecule has 0 spiro atoms. The third-order valence-corrected chi connectivity index (χ3v) is 12.6. The van der Waals surface area contributed by atoms with Gasteiger partial charge < -0.3 is 9.73 Å². The molecule has 5 heteroatoms. The van der Waals surface area contributed by atoms with Gasteiger partial charge in [-0.1, -0.05) is 135 Å². The first-order chi connectivity index (χ1) is 26.0. The molecule has 2 aliphatic rings. The Hall–Kier alpha value is -6.01. The van der Waals surface area contributed by atoms with Crippen LogP contribution >= 0.6 is 11.3 Å². The summed E-state index contributed by atoms with van der Waals surface area (Å²) in [5.41, 5.74) is 12.8. The molecule has 0 amide bonds. The van der Waals surface area contributed by atoms with Crippen LogP contribution in [0.5, 0.6) is 0 Å². The van der Waals surface area contributed by atoms with Gasteiger partial charge in [-0.2, -0.15) is 0 Å². The first kappa shape index (κ1) is 30.6. The smallest absolute Gasteiger partial charge is 0.135 e. The van der Waals surface area contributed by atoms with E-state index in [1.807, 2.05) is 11.3 Å². The monoisotopic (exact) mass is 701 g/mol. The average molecular weight is 702 g/mol. The van der Waals surface area contributed by atoms with Gasteiger partial charge in [-0.15, -0.1) is 11.3 Å². The van der Waals surface area contributed by atoms with E-state index in [9.17, 15) is 0 Å². The highest BCUT2D eigenvalue weighted by molar-refractivity contribution is 7.26. The maximum atomic E-state index is 6.50. The van der Waals surface area contributed by atoms with Crippen LogP contribution in [-0.4, -0.2) is 5.84 Å². The summed E-state index contributed by atoms with van der Waals surface area (Å²) < 4.78 is 9.03. The summed E-state index contributed by atoms with van der Waals surface area (Å²) in [5, 5.41) is 12.5. The number of benzene rings is 7. The minimum atomic E-state index is -0.308. The zero-order chi connectivity index (χ0) is 35.3. The van der Waals surface area contributed by atoms with Crippen molar-refractivity contribution >= 4 is 59.3 Å². The van der Waals surface area contributed by atoms with E-state index < -0.39 is 0 Å². The lowest BCUT2D eigenvalue weighted by atomic mass is 9.82. The van der Waals surface area contributed by atoms with Gasteiger partial charge in [-0.05, 0) is 74.8 Å². The summed E-state index contributed by atoms with van der Waals surface area (Å²) in [6, 6.07) is 54.6. The van der Waals surface area contributed by atoms with Gasteiger partial charge in [0.05, 0.1) is 0 Å². The minimum absolute atomic E-state index is 0.0949. The lowest BCUT2D eigenvalue weighted by molar-refractivity contribution is 0.408. The number of hydrogen-bond acceptors (Lipinski definition) is 5. The normalized spacial score (nSPS) is 17.6. The van der Waals surface area contributed by atoms with Crippen molar-refractivity contribution < 1.29 is 4.42 Å². The molecule has 0 saturated carbocycles. The zero-order valence-electron chi connectivity index (χ0n) is 29.4. The second-order valence-electron chi connectivity index (χ2n) is 14.8. The van der Waals surface area contributed by atoms with Crippen LogP contribution in [0.1, 0.15) is 54.0 Å². The van der Waals surface area contributed by atoms with E-state index in [0.717, 1.165) is 38.9 Å². The van der Waals surface area contributed by atoms with Crippen molar-refractivity contribution in [2.24, 2.45) is 4.99 Å². The molecule has 0 radical (unpaired) electrons. The quantitative estimate of drug-likeness (QED) is 0.192. The molecule has 2 atom stereocenters. The van der Waals surface area contributed by atoms with Gasteiger partial charge in [0.25, 0.3) is 0 Å². The molecule has 254 valence electrons. The summed E-state index contributed by atoms with van der Waals surface area (Å²) in [6.45, 7) is 4.68. The second kappa shape index (κ2) is 11.5. The third-order valence-electron chi connectivity index (χ3n) is 11.4. The van der Waals surface area contributed by atoms with Gasteiger partial charge in [-0.3, -0.25) is 5.32 Å². The molecular formula is C48H35N3OS. The number of nitrogens with one attached hydrogen (secondary N) is 2. The Kier molecular flexibility index (Phi) is 6.64. The predicted molar refractivity (Wildman–Crippen MR) is 221 cm³/mol. The maximum Gasteiger partial charge on any atom is 0.135 e. The molecule has 1 aliphatic carbocycles. The van der Waals surface area contributed by atoms with Crippen LogP contribution in [0.3, 0.4) is 0 Å². The SMILES string of the molecule is CC1(C)c2ccccc2-c2ccc(C3NC(c4cccc5c4sc4ccccc45)=NC(c4ccc5c(c4)oc4ccc(-c6ccccc6)cc45)N3)cc21. The molecule has 3 heterocycles. The van der Waals surface area contributed by atoms with Crippen LogP contribution in [0.2, 0.25) is 0 Å². The molecular weight excluding hydrogens is 667 g/mol. The van der Waals surface area contributed by atoms with Crippen molar-refractivity contribution in [1.29, 1.82) is 0 Å². The first-order valence-corrected chi connectivity index (χ1v) is 19.1. The molecule has 2 N–H and O–H groups in total. The molecule has 7 aromatic carbocycles. The summed E-state index contributed by atoms with van der Waals surface area (Å²) in [7, 11) is 0. The van der Waals surface area contributed by atoms with Crippen LogP contribution in [0.15, 0.2) is 161 Å². The van der Waals surface area contributed by atoms with E-state index in [-0.39, 0.29) is 17.7 Å². The molecule has 9 aromatic rings. The Morgan fingerprint density at radius 1 is 0.566 bits per heavy atom. The molecule has 0 saturated heterocycles. The number of aliphatic imine (C=N–C) groups is 1. The molecule has 53 heavy (non-hydrogen) atoms. The standard InChI is InChI=1S/C48H35N3OS/c1-48(2)39-17-8-6-13-32(39)33-22-19-30(26-40(33)48)45-49-46(51-47(50-45)37-16-10-15-36-35-14-7-9-18-43(35)53-44(36)37)31-20-23-34-38-25-29(28-11-4-3-5-12-28)21-24-41(38)52-42(34)27-31/h3-27,45-46,49H,1-2H3,(H,50,51). The maximum absolute atomic E-state index is 6.50. The second-order valence-corrected chi connectivity index (χ2v) is 15.9. The first-order valence-electron chi connectivity index (χ1n) is 18.3. The molecule has 11 rings (SSSR count). The highest BCUT2D eigenvalue weighted by atomic mass is 32.1. The van der Waals surface area contributed by atoms with E-state index in [1.54, 1.807) is 0 Å². The van der Waals surface area contributed by atoms with Gasteiger partial charge in [0.2, 0.25) is 0 Å². The minimum Gasteiger partial charge on any atom is -0.456 e. The van der Waals surface area contributed by atoms with Crippen LogP contribution < -0.4 is 10.6 Å². The van der Waals surface area contributed by atoms with Gasteiger partial charge in [0.15, 0.2) is 0 Å². The van der Waals surface area contributed by atoms with E-state index in [0.29, 0.717) is 0 Å². The Morgan fingerprint density at radius 2 is 1.34 bits per heavy atom. The van der Waals surface area contributed by atoms with Crippen LogP contribution in [-0.2, 0) is 5.41 Å². The average Bonchev–Trinajstić information content (AvgIpc) is 3.85. The summed E-state index contributed by atoms with van der Waals surface area (Å²) in [5.74, 6) is 0.885. The van der Waals surface area contributed by atoms with Crippen LogP contribution in [0.4, 0.5) is 0 Å². The van der Waals surface area contributed by atoms with E-state index >= 15 is 0 Å². The number of amidine groups is 1. The molecule has 0 bridgehead atoms. The van der Waals surface area contributed by atoms with Gasteiger partial charge in [-0.25, -0.2) is 4.99 Å². The topological polar surface area (TPSA) is 49.6 Å². The molecule has 2 aromatic heterocycles. The van der Waals surface area contributed by atoms with Crippen molar-refractivity contribution in [3.8, 4) is 22.3 Å². The zero-order valence-corrected chi connectivity index (χ0v) is 30.2. The van der Waals surface area contributed by atoms with Gasteiger partial charge in [0.1, 0.15) is 29.3 Å². The fraction of sp³-hybridized carbons (Fsp3) is 0.104. The number of fused-ring (bicyclic) bond motifs is 9. The number of thiophene rings is 1. The summed E-state index contributed by atoms with van der Waals surface area (Å²) >= 11 is 1.83. The van der Waals surface area contributed by atoms with Gasteiger partial charge in [0, 0.05) is 41.9 Å². The van der Waals surface area contributed by atoms with Crippen molar-refractivity contribution in [2.75, 3.05) is 0 Å². The highest BCUT2D eigenvalue weighted by Crippen LogP contribution is 2.49. The van der Waals surface area contributed by atoms with Crippen molar-refractivity contribution in [3.05, 3.63) is 179 Å². The van der Waals surface area contributed by atoms with Crippen molar-refractivity contribution in [1.82, 2.24) is 10.6 Å². The lowest BCUT2D eigenvalue weighted by Gasteiger charge is -2.33. The van der Waals surface area contributed by atoms with Gasteiger partial charge >= 0.3 is 0 Å². The van der Waals surface area contributed by atoms with Crippen molar-refractivity contribution in [3.63, 3.8) is 0 Å². The highest BCUT2D eigenvalue weighted by Gasteiger charge is 2.36. The van der Waals surface area contributed by atoms with E-state index in [1.165, 1.54) is 59.1 Å². The van der Waals surface area contributed by atoms with Crippen LogP contribution in [0.25, 0.3) is 64.4 Å². The summed E-state index contributed by atoms with van der Waals surface area (Å²) in [4.78, 5) is 5.43.